The molecule has 0 saturated heterocycles. The van der Waals surface area contributed by atoms with Crippen LogP contribution in [0.5, 0.6) is 0 Å². The number of nitrogens with one attached hydrogen (secondary N) is 1. The highest BCUT2D eigenvalue weighted by Gasteiger charge is 2.15. The summed E-state index contributed by atoms with van der Waals surface area (Å²) in [5, 5.41) is 1.61. The number of aryl methyl sites for hydroxylation is 3. The Balaban J connectivity index is 2.79. The molecule has 0 fully saturated rings. The summed E-state index contributed by atoms with van der Waals surface area (Å²) in [5.74, 6) is -0.155. The summed E-state index contributed by atoms with van der Waals surface area (Å²) < 4.78 is 0. The quantitative estimate of drug-likeness (QED) is 0.785. The van der Waals surface area contributed by atoms with Crippen LogP contribution in [0.25, 0.3) is 0 Å². The van der Waals surface area contributed by atoms with Gasteiger partial charge in [0.2, 0.25) is 0 Å². The molecule has 1 aromatic rings. The highest BCUT2D eigenvalue weighted by Crippen LogP contribution is 2.16. The number of nitrogens with two attached hydrogens (primary N) is 1. The monoisotopic (exact) mass is 249 g/mol. The smallest absolute Gasteiger partial charge is 0.251 e. The standard InChI is InChI=1S/C14H23N3O/c1-9-6-11(3)12(7-10(9)2)8-13(15)14(18)16-17(4)5/h6-7,13H,8,15H2,1-5H3,(H,16,18). The second-order valence-electron chi connectivity index (χ2n) is 5.04. The lowest BCUT2D eigenvalue weighted by atomic mass is 9.96. The fourth-order valence-corrected chi connectivity index (χ4v) is 1.87. The SMILES string of the molecule is Cc1cc(C)c(CC(N)C(=O)NN(C)C)cc1C. The van der Waals surface area contributed by atoms with Gasteiger partial charge in [-0.05, 0) is 49.4 Å². The third-order valence-electron chi connectivity index (χ3n) is 3.06. The van der Waals surface area contributed by atoms with Crippen LogP contribution in [0.1, 0.15) is 22.3 Å². The van der Waals surface area contributed by atoms with Gasteiger partial charge in [0.15, 0.2) is 0 Å². The maximum absolute atomic E-state index is 11.7. The predicted molar refractivity (Wildman–Crippen MR) is 74.2 cm³/mol. The van der Waals surface area contributed by atoms with Crippen LogP contribution >= 0.6 is 0 Å². The minimum atomic E-state index is -0.520. The van der Waals surface area contributed by atoms with E-state index < -0.39 is 6.04 Å². The molecule has 0 bridgehead atoms. The lowest BCUT2D eigenvalue weighted by Gasteiger charge is -2.18. The molecule has 0 saturated carbocycles. The Kier molecular flexibility index (Phi) is 4.87. The largest absolute Gasteiger partial charge is 0.320 e. The van der Waals surface area contributed by atoms with E-state index in [1.807, 2.05) is 0 Å². The van der Waals surface area contributed by atoms with Crippen molar-refractivity contribution in [2.45, 2.75) is 33.2 Å². The summed E-state index contributed by atoms with van der Waals surface area (Å²) in [7, 11) is 3.54. The molecule has 1 rings (SSSR count). The Morgan fingerprint density at radius 1 is 1.22 bits per heavy atom. The first-order valence-corrected chi connectivity index (χ1v) is 6.11. The molecular weight excluding hydrogens is 226 g/mol. The van der Waals surface area contributed by atoms with Crippen LogP contribution in [-0.2, 0) is 11.2 Å². The molecule has 1 unspecified atom stereocenters. The molecule has 18 heavy (non-hydrogen) atoms. The average Bonchev–Trinajstić information content (AvgIpc) is 2.24. The molecule has 0 heterocycles. The molecule has 1 amide bonds. The van der Waals surface area contributed by atoms with Gasteiger partial charge >= 0.3 is 0 Å². The van der Waals surface area contributed by atoms with Crippen molar-refractivity contribution in [1.29, 1.82) is 0 Å². The first-order valence-electron chi connectivity index (χ1n) is 6.11. The van der Waals surface area contributed by atoms with Gasteiger partial charge in [0.1, 0.15) is 0 Å². The number of hydrazine groups is 1. The zero-order valence-electron chi connectivity index (χ0n) is 11.9. The third-order valence-corrected chi connectivity index (χ3v) is 3.06. The van der Waals surface area contributed by atoms with Gasteiger partial charge in [-0.2, -0.15) is 0 Å². The van der Waals surface area contributed by atoms with Gasteiger partial charge < -0.3 is 5.73 Å². The second kappa shape index (κ2) is 5.98. The van der Waals surface area contributed by atoms with Crippen molar-refractivity contribution in [2.24, 2.45) is 5.73 Å². The predicted octanol–water partition coefficient (Wildman–Crippen LogP) is 1.07. The van der Waals surface area contributed by atoms with Gasteiger partial charge in [0.25, 0.3) is 5.91 Å². The van der Waals surface area contributed by atoms with Crippen LogP contribution in [0, 0.1) is 20.8 Å². The zero-order valence-corrected chi connectivity index (χ0v) is 11.9. The van der Waals surface area contributed by atoms with Crippen molar-refractivity contribution in [3.63, 3.8) is 0 Å². The molecule has 0 aromatic heterocycles. The van der Waals surface area contributed by atoms with Gasteiger partial charge in [-0.25, -0.2) is 5.01 Å². The first kappa shape index (κ1) is 14.7. The number of nitrogens with zero attached hydrogens (tertiary/aromatic N) is 1. The van der Waals surface area contributed by atoms with Gasteiger partial charge in [-0.15, -0.1) is 0 Å². The molecule has 0 aliphatic carbocycles. The van der Waals surface area contributed by atoms with Gasteiger partial charge in [-0.1, -0.05) is 12.1 Å². The number of rotatable bonds is 4. The maximum atomic E-state index is 11.7. The zero-order chi connectivity index (χ0) is 13.9. The summed E-state index contributed by atoms with van der Waals surface area (Å²) in [4.78, 5) is 11.7. The fourth-order valence-electron chi connectivity index (χ4n) is 1.87. The van der Waals surface area contributed by atoms with E-state index in [0.717, 1.165) is 5.56 Å². The summed E-state index contributed by atoms with van der Waals surface area (Å²) in [6.45, 7) is 6.22. The Labute approximate surface area is 109 Å². The van der Waals surface area contributed by atoms with Crippen molar-refractivity contribution in [1.82, 2.24) is 10.4 Å². The number of hydrogen-bond acceptors (Lipinski definition) is 3. The molecule has 100 valence electrons. The normalized spacial score (nSPS) is 12.6. The number of carbonyl (C=O) groups excluding carboxylic acids is 1. The maximum Gasteiger partial charge on any atom is 0.251 e. The molecule has 0 aliphatic heterocycles. The first-order chi connectivity index (χ1) is 8.31. The molecule has 4 heteroatoms. The minimum absolute atomic E-state index is 0.155. The number of amides is 1. The lowest BCUT2D eigenvalue weighted by Crippen LogP contribution is -2.47. The molecule has 1 atom stereocenters. The van der Waals surface area contributed by atoms with Crippen molar-refractivity contribution >= 4 is 5.91 Å². The Morgan fingerprint density at radius 3 is 2.33 bits per heavy atom. The van der Waals surface area contributed by atoms with E-state index in [1.165, 1.54) is 16.7 Å². The number of carbonyl (C=O) groups is 1. The third kappa shape index (κ3) is 3.82. The van der Waals surface area contributed by atoms with E-state index in [-0.39, 0.29) is 5.91 Å². The number of benzene rings is 1. The molecule has 0 spiro atoms. The van der Waals surface area contributed by atoms with Crippen molar-refractivity contribution in [2.75, 3.05) is 14.1 Å². The van der Waals surface area contributed by atoms with E-state index in [2.05, 4.69) is 38.3 Å². The van der Waals surface area contributed by atoms with Crippen LogP contribution in [0.15, 0.2) is 12.1 Å². The lowest BCUT2D eigenvalue weighted by molar-refractivity contribution is -0.126. The van der Waals surface area contributed by atoms with Crippen LogP contribution in [0.4, 0.5) is 0 Å². The van der Waals surface area contributed by atoms with E-state index in [1.54, 1.807) is 19.1 Å². The van der Waals surface area contributed by atoms with Crippen LogP contribution < -0.4 is 11.2 Å². The minimum Gasteiger partial charge on any atom is -0.320 e. The van der Waals surface area contributed by atoms with Crippen molar-refractivity contribution < 1.29 is 4.79 Å². The van der Waals surface area contributed by atoms with Gasteiger partial charge in [0.05, 0.1) is 6.04 Å². The van der Waals surface area contributed by atoms with Crippen molar-refractivity contribution in [3.8, 4) is 0 Å². The summed E-state index contributed by atoms with van der Waals surface area (Å²) >= 11 is 0. The molecule has 0 aliphatic rings. The Morgan fingerprint density at radius 2 is 1.78 bits per heavy atom. The van der Waals surface area contributed by atoms with E-state index >= 15 is 0 Å². The summed E-state index contributed by atoms with van der Waals surface area (Å²) in [6.07, 6.45) is 0.562. The molecule has 4 nitrogen and oxygen atoms in total. The highest BCUT2D eigenvalue weighted by atomic mass is 16.2. The van der Waals surface area contributed by atoms with Crippen molar-refractivity contribution in [3.05, 3.63) is 34.4 Å². The summed E-state index contributed by atoms with van der Waals surface area (Å²) in [6, 6.07) is 3.74. The summed E-state index contributed by atoms with van der Waals surface area (Å²) in [5.41, 5.74) is 13.4. The van der Waals surface area contributed by atoms with E-state index in [0.29, 0.717) is 6.42 Å². The topological polar surface area (TPSA) is 58.4 Å². The van der Waals surface area contributed by atoms with Gasteiger partial charge in [-0.3, -0.25) is 10.2 Å². The van der Waals surface area contributed by atoms with E-state index in [9.17, 15) is 4.79 Å². The van der Waals surface area contributed by atoms with Crippen LogP contribution in [0.2, 0.25) is 0 Å². The highest BCUT2D eigenvalue weighted by molar-refractivity contribution is 5.81. The Hall–Kier alpha value is -1.39. The van der Waals surface area contributed by atoms with Gasteiger partial charge in [0, 0.05) is 14.1 Å². The molecule has 3 N–H and O–H groups in total. The molecule has 1 aromatic carbocycles. The average molecular weight is 249 g/mol. The Bertz CT molecular complexity index is 441. The van der Waals surface area contributed by atoms with Crippen LogP contribution in [-0.4, -0.2) is 31.1 Å². The van der Waals surface area contributed by atoms with E-state index in [4.69, 9.17) is 5.73 Å². The molecular formula is C14H23N3O. The van der Waals surface area contributed by atoms with Crippen LogP contribution in [0.3, 0.4) is 0 Å². The fraction of sp³-hybridized carbons (Fsp3) is 0.500. The molecule has 0 radical (unpaired) electrons. The number of hydrogen-bond donors (Lipinski definition) is 2. The second-order valence-corrected chi connectivity index (χ2v) is 5.04.